The molecule has 0 spiro atoms. The molecule has 3 N–H and O–H groups in total. The smallest absolute Gasteiger partial charge is 0.303 e. The molecule has 1 aromatic carbocycles. The van der Waals surface area contributed by atoms with Crippen LogP contribution < -0.4 is 10.1 Å². The van der Waals surface area contributed by atoms with E-state index in [1.807, 2.05) is 26.0 Å². The Kier molecular flexibility index (Phi) is 6.48. The Labute approximate surface area is 119 Å². The molecular formula is C15H23NO4. The molecule has 0 amide bonds. The van der Waals surface area contributed by atoms with Crippen LogP contribution in [0.4, 0.5) is 0 Å². The number of ether oxygens (including phenoxy) is 1. The van der Waals surface area contributed by atoms with Crippen molar-refractivity contribution in [2.75, 3.05) is 20.2 Å². The van der Waals surface area contributed by atoms with E-state index in [0.29, 0.717) is 25.3 Å². The van der Waals surface area contributed by atoms with Gasteiger partial charge in [-0.2, -0.15) is 0 Å². The summed E-state index contributed by atoms with van der Waals surface area (Å²) >= 11 is 0. The van der Waals surface area contributed by atoms with Gasteiger partial charge in [-0.1, -0.05) is 11.6 Å². The fourth-order valence-corrected chi connectivity index (χ4v) is 2.23. The molecule has 5 nitrogen and oxygen atoms in total. The van der Waals surface area contributed by atoms with Gasteiger partial charge in [0.05, 0.1) is 13.2 Å². The number of hydrogen-bond acceptors (Lipinski definition) is 4. The van der Waals surface area contributed by atoms with Crippen LogP contribution in [0.5, 0.6) is 5.75 Å². The fraction of sp³-hybridized carbons (Fsp3) is 0.533. The largest absolute Gasteiger partial charge is 0.496 e. The molecular weight excluding hydrogens is 258 g/mol. The molecule has 0 heterocycles. The Morgan fingerprint density at radius 3 is 2.70 bits per heavy atom. The molecule has 1 unspecified atom stereocenters. The minimum Gasteiger partial charge on any atom is -0.496 e. The molecule has 0 fully saturated rings. The number of aryl methyl sites for hydroxylation is 2. The van der Waals surface area contributed by atoms with Crippen molar-refractivity contribution in [1.82, 2.24) is 5.32 Å². The zero-order chi connectivity index (χ0) is 15.1. The van der Waals surface area contributed by atoms with Crippen molar-refractivity contribution >= 4 is 5.97 Å². The summed E-state index contributed by atoms with van der Waals surface area (Å²) < 4.78 is 5.35. The van der Waals surface area contributed by atoms with E-state index in [9.17, 15) is 9.90 Å². The average molecular weight is 281 g/mol. The summed E-state index contributed by atoms with van der Waals surface area (Å²) in [6, 6.07) is 3.92. The molecule has 112 valence electrons. The van der Waals surface area contributed by atoms with Crippen LogP contribution in [0.15, 0.2) is 12.1 Å². The minimum atomic E-state index is -0.802. The van der Waals surface area contributed by atoms with Crippen molar-refractivity contribution in [2.24, 2.45) is 0 Å². The van der Waals surface area contributed by atoms with E-state index < -0.39 is 12.1 Å². The predicted molar refractivity (Wildman–Crippen MR) is 77.2 cm³/mol. The number of rotatable bonds is 8. The second kappa shape index (κ2) is 7.87. The van der Waals surface area contributed by atoms with Gasteiger partial charge in [-0.3, -0.25) is 4.79 Å². The zero-order valence-corrected chi connectivity index (χ0v) is 12.3. The Morgan fingerprint density at radius 2 is 2.10 bits per heavy atom. The van der Waals surface area contributed by atoms with Gasteiger partial charge in [-0.05, 0) is 38.4 Å². The normalized spacial score (nSPS) is 12.2. The minimum absolute atomic E-state index is 0.135. The number of aliphatic hydroxyl groups excluding tert-OH is 1. The van der Waals surface area contributed by atoms with E-state index in [2.05, 4.69) is 5.32 Å². The molecule has 5 heteroatoms. The molecule has 0 bridgehead atoms. The Hall–Kier alpha value is -1.59. The Bertz CT molecular complexity index is 459. The van der Waals surface area contributed by atoms with Crippen molar-refractivity contribution in [3.8, 4) is 5.75 Å². The lowest BCUT2D eigenvalue weighted by atomic mass is 10.0. The van der Waals surface area contributed by atoms with Gasteiger partial charge in [-0.15, -0.1) is 0 Å². The summed E-state index contributed by atoms with van der Waals surface area (Å²) in [7, 11) is 1.59. The second-order valence-electron chi connectivity index (χ2n) is 4.92. The molecule has 1 atom stereocenters. The van der Waals surface area contributed by atoms with Gasteiger partial charge in [0.1, 0.15) is 5.75 Å². The van der Waals surface area contributed by atoms with Crippen molar-refractivity contribution in [2.45, 2.75) is 32.8 Å². The molecule has 0 aliphatic heterocycles. The highest BCUT2D eigenvalue weighted by Gasteiger charge is 2.15. The third-order valence-corrected chi connectivity index (χ3v) is 3.09. The van der Waals surface area contributed by atoms with Crippen LogP contribution >= 0.6 is 0 Å². The monoisotopic (exact) mass is 281 g/mol. The van der Waals surface area contributed by atoms with Crippen LogP contribution in [-0.4, -0.2) is 36.4 Å². The summed E-state index contributed by atoms with van der Waals surface area (Å²) in [6.07, 6.45) is 0.00974. The van der Waals surface area contributed by atoms with E-state index in [4.69, 9.17) is 9.84 Å². The average Bonchev–Trinajstić information content (AvgIpc) is 2.36. The topological polar surface area (TPSA) is 78.8 Å². The highest BCUT2D eigenvalue weighted by molar-refractivity contribution is 5.66. The van der Waals surface area contributed by atoms with Crippen LogP contribution in [0.3, 0.4) is 0 Å². The second-order valence-corrected chi connectivity index (χ2v) is 4.92. The van der Waals surface area contributed by atoms with Gasteiger partial charge in [0.15, 0.2) is 0 Å². The molecule has 0 saturated heterocycles. The summed E-state index contributed by atoms with van der Waals surface area (Å²) in [5, 5.41) is 21.8. The number of benzene rings is 1. The summed E-state index contributed by atoms with van der Waals surface area (Å²) in [5.41, 5.74) is 2.83. The third-order valence-electron chi connectivity index (χ3n) is 3.09. The van der Waals surface area contributed by atoms with E-state index >= 15 is 0 Å². The van der Waals surface area contributed by atoms with E-state index in [-0.39, 0.29) is 6.42 Å². The molecule has 0 aromatic heterocycles. The van der Waals surface area contributed by atoms with Gasteiger partial charge in [0.2, 0.25) is 0 Å². The number of nitrogens with one attached hydrogen (secondary N) is 1. The van der Waals surface area contributed by atoms with Crippen molar-refractivity contribution in [3.05, 3.63) is 28.8 Å². The number of carbonyl (C=O) groups is 1. The lowest BCUT2D eigenvalue weighted by Crippen LogP contribution is -2.23. The highest BCUT2D eigenvalue weighted by atomic mass is 16.5. The quantitative estimate of drug-likeness (QED) is 0.633. The van der Waals surface area contributed by atoms with Gasteiger partial charge in [0, 0.05) is 18.5 Å². The van der Waals surface area contributed by atoms with Gasteiger partial charge < -0.3 is 20.3 Å². The molecule has 0 aliphatic carbocycles. The first kappa shape index (κ1) is 16.5. The first-order chi connectivity index (χ1) is 9.45. The number of carboxylic acid groups (broad SMARTS) is 1. The predicted octanol–water partition coefficient (Wildman–Crippen LogP) is 1.80. The van der Waals surface area contributed by atoms with Crippen LogP contribution in [0.25, 0.3) is 0 Å². The molecule has 20 heavy (non-hydrogen) atoms. The maximum absolute atomic E-state index is 10.4. The standard InChI is InChI=1S/C15H23NO4/c1-10-7-11(2)15(20-3)12(8-10)13(17)9-16-6-4-5-14(18)19/h7-8,13,16-17H,4-6,9H2,1-3H3,(H,18,19). The molecule has 0 aliphatic rings. The van der Waals surface area contributed by atoms with E-state index in [1.165, 1.54) is 0 Å². The number of hydrogen-bond donors (Lipinski definition) is 3. The first-order valence-corrected chi connectivity index (χ1v) is 6.71. The lowest BCUT2D eigenvalue weighted by molar-refractivity contribution is -0.137. The maximum Gasteiger partial charge on any atom is 0.303 e. The molecule has 1 rings (SSSR count). The lowest BCUT2D eigenvalue weighted by Gasteiger charge is -2.18. The third kappa shape index (κ3) is 4.83. The molecule has 1 aromatic rings. The van der Waals surface area contributed by atoms with Gasteiger partial charge in [0.25, 0.3) is 0 Å². The SMILES string of the molecule is COc1c(C)cc(C)cc1C(O)CNCCCC(=O)O. The summed E-state index contributed by atoms with van der Waals surface area (Å²) in [5.74, 6) is -0.0984. The highest BCUT2D eigenvalue weighted by Crippen LogP contribution is 2.29. The van der Waals surface area contributed by atoms with E-state index in [1.54, 1.807) is 7.11 Å². The van der Waals surface area contributed by atoms with E-state index in [0.717, 1.165) is 16.7 Å². The van der Waals surface area contributed by atoms with Crippen LogP contribution in [0.1, 0.15) is 35.6 Å². The van der Waals surface area contributed by atoms with Crippen molar-refractivity contribution < 1.29 is 19.7 Å². The van der Waals surface area contributed by atoms with Crippen LogP contribution in [0, 0.1) is 13.8 Å². The molecule has 0 radical (unpaired) electrons. The first-order valence-electron chi connectivity index (χ1n) is 6.71. The maximum atomic E-state index is 10.4. The van der Waals surface area contributed by atoms with Crippen molar-refractivity contribution in [1.29, 1.82) is 0 Å². The number of aliphatic carboxylic acids is 1. The van der Waals surface area contributed by atoms with Crippen molar-refractivity contribution in [3.63, 3.8) is 0 Å². The molecule has 0 saturated carbocycles. The summed E-state index contributed by atoms with van der Waals surface area (Å²) in [4.78, 5) is 10.4. The zero-order valence-electron chi connectivity index (χ0n) is 12.3. The fourth-order valence-electron chi connectivity index (χ4n) is 2.23. The number of methoxy groups -OCH3 is 1. The number of carboxylic acids is 1. The number of aliphatic hydroxyl groups is 1. The van der Waals surface area contributed by atoms with Gasteiger partial charge in [-0.25, -0.2) is 0 Å². The van der Waals surface area contributed by atoms with Gasteiger partial charge >= 0.3 is 5.97 Å². The Morgan fingerprint density at radius 1 is 1.40 bits per heavy atom. The van der Waals surface area contributed by atoms with Crippen LogP contribution in [0.2, 0.25) is 0 Å². The summed E-state index contributed by atoms with van der Waals surface area (Å²) in [6.45, 7) is 4.86. The Balaban J connectivity index is 2.58. The van der Waals surface area contributed by atoms with Crippen LogP contribution in [-0.2, 0) is 4.79 Å².